The maximum Gasteiger partial charge on any atom is 0.255 e. The topological polar surface area (TPSA) is 156 Å². The summed E-state index contributed by atoms with van der Waals surface area (Å²) in [5, 5.41) is 21.3. The molecule has 11 nitrogen and oxygen atoms in total. The van der Waals surface area contributed by atoms with Crippen LogP contribution in [0.1, 0.15) is 33.5 Å². The third-order valence-electron chi connectivity index (χ3n) is 7.15. The van der Waals surface area contributed by atoms with Crippen molar-refractivity contribution in [2.45, 2.75) is 20.3 Å². The Morgan fingerprint density at radius 3 is 2.52 bits per heavy atom. The molecule has 1 atom stereocenters. The van der Waals surface area contributed by atoms with Crippen molar-refractivity contribution in [3.8, 4) is 35.0 Å². The SMILES string of the molecule is Cc1cc(-c2ccc(C(=O)N3CCC(C#N)C3)cn2)cc(C)c1Oc1nc(Nc2ccc(C#N)cc2)nc2nc[nH]c12. The third kappa shape index (κ3) is 5.19. The van der Waals surface area contributed by atoms with Gasteiger partial charge < -0.3 is 19.9 Å². The highest BCUT2D eigenvalue weighted by Crippen LogP contribution is 2.35. The lowest BCUT2D eigenvalue weighted by Gasteiger charge is -2.16. The van der Waals surface area contributed by atoms with E-state index < -0.39 is 0 Å². The van der Waals surface area contributed by atoms with Crippen LogP contribution in [0, 0.1) is 42.4 Å². The number of aromatic amines is 1. The number of carbonyl (C=O) groups is 1. The maximum absolute atomic E-state index is 12.8. The monoisotopic (exact) mass is 555 g/mol. The van der Waals surface area contributed by atoms with E-state index in [1.54, 1.807) is 41.4 Å². The number of aryl methyl sites for hydroxylation is 2. The highest BCUT2D eigenvalue weighted by atomic mass is 16.5. The molecule has 4 heterocycles. The van der Waals surface area contributed by atoms with Gasteiger partial charge in [-0.25, -0.2) is 4.98 Å². The number of rotatable bonds is 6. The van der Waals surface area contributed by atoms with E-state index in [4.69, 9.17) is 15.3 Å². The van der Waals surface area contributed by atoms with E-state index >= 15 is 0 Å². The number of benzene rings is 2. The number of anilines is 2. The van der Waals surface area contributed by atoms with Crippen molar-refractivity contribution in [3.63, 3.8) is 0 Å². The van der Waals surface area contributed by atoms with Gasteiger partial charge in [0.2, 0.25) is 5.95 Å². The standard InChI is InChI=1S/C31H25N9O2/c1-18-11-23(25-8-5-22(15-34-25)30(41)40-10-9-21(14-33)16-40)12-19(2)27(18)42-29-26-28(36-17-35-26)38-31(39-29)37-24-6-3-20(13-32)4-7-24/h3-8,11-12,15,17,21H,9-10,16H2,1-2H3,(H2,35,36,37,38,39). The molecule has 0 saturated carbocycles. The summed E-state index contributed by atoms with van der Waals surface area (Å²) in [6.45, 7) is 4.94. The molecule has 42 heavy (non-hydrogen) atoms. The molecule has 1 amide bonds. The van der Waals surface area contributed by atoms with Crippen LogP contribution in [0.4, 0.5) is 11.6 Å². The lowest BCUT2D eigenvalue weighted by molar-refractivity contribution is 0.0789. The second-order valence-corrected chi connectivity index (χ2v) is 10.1. The number of pyridine rings is 1. The normalized spacial score (nSPS) is 14.4. The van der Waals surface area contributed by atoms with Crippen molar-refractivity contribution in [3.05, 3.63) is 83.3 Å². The lowest BCUT2D eigenvalue weighted by Crippen LogP contribution is -2.28. The number of imidazole rings is 1. The second kappa shape index (κ2) is 11.0. The van der Waals surface area contributed by atoms with Gasteiger partial charge in [-0.15, -0.1) is 0 Å². The molecule has 3 aromatic heterocycles. The van der Waals surface area contributed by atoms with E-state index in [1.165, 1.54) is 6.33 Å². The predicted molar refractivity (Wildman–Crippen MR) is 155 cm³/mol. The predicted octanol–water partition coefficient (Wildman–Crippen LogP) is 5.43. The molecule has 6 rings (SSSR count). The fraction of sp³-hybridized carbons (Fsp3) is 0.194. The molecule has 1 fully saturated rings. The van der Waals surface area contributed by atoms with Crippen molar-refractivity contribution in [1.29, 1.82) is 10.5 Å². The van der Waals surface area contributed by atoms with E-state index in [9.17, 15) is 4.79 Å². The van der Waals surface area contributed by atoms with E-state index in [1.807, 2.05) is 32.0 Å². The number of nitrogens with one attached hydrogen (secondary N) is 2. The molecule has 2 aromatic carbocycles. The Morgan fingerprint density at radius 2 is 1.86 bits per heavy atom. The molecule has 2 N–H and O–H groups in total. The molecule has 1 saturated heterocycles. The molecule has 0 aliphatic carbocycles. The Hall–Kier alpha value is -5.81. The van der Waals surface area contributed by atoms with Gasteiger partial charge in [-0.1, -0.05) is 0 Å². The molecule has 1 aliphatic heterocycles. The number of hydrogen-bond acceptors (Lipinski definition) is 9. The largest absolute Gasteiger partial charge is 0.436 e. The Kier molecular flexibility index (Phi) is 6.91. The highest BCUT2D eigenvalue weighted by molar-refractivity contribution is 5.94. The lowest BCUT2D eigenvalue weighted by atomic mass is 10.0. The van der Waals surface area contributed by atoms with Crippen LogP contribution in [0.2, 0.25) is 0 Å². The molecule has 5 aromatic rings. The van der Waals surface area contributed by atoms with Gasteiger partial charge >= 0.3 is 0 Å². The van der Waals surface area contributed by atoms with Crippen molar-refractivity contribution < 1.29 is 9.53 Å². The van der Waals surface area contributed by atoms with Crippen molar-refractivity contribution in [1.82, 2.24) is 29.8 Å². The van der Waals surface area contributed by atoms with Crippen molar-refractivity contribution in [2.75, 3.05) is 18.4 Å². The quantitative estimate of drug-likeness (QED) is 0.279. The van der Waals surface area contributed by atoms with Crippen LogP contribution in [0.5, 0.6) is 11.6 Å². The number of ether oxygens (including phenoxy) is 1. The Bertz CT molecular complexity index is 1860. The summed E-state index contributed by atoms with van der Waals surface area (Å²) < 4.78 is 6.34. The van der Waals surface area contributed by atoms with E-state index in [0.29, 0.717) is 59.4 Å². The Balaban J connectivity index is 1.24. The van der Waals surface area contributed by atoms with Crippen LogP contribution in [-0.2, 0) is 0 Å². The summed E-state index contributed by atoms with van der Waals surface area (Å²) in [5.41, 5.74) is 6.15. The van der Waals surface area contributed by atoms with E-state index in [-0.39, 0.29) is 11.8 Å². The Labute approximate surface area is 241 Å². The summed E-state index contributed by atoms with van der Waals surface area (Å²) in [4.78, 5) is 35.5. The first-order chi connectivity index (χ1) is 20.4. The molecule has 206 valence electrons. The highest BCUT2D eigenvalue weighted by Gasteiger charge is 2.27. The van der Waals surface area contributed by atoms with Gasteiger partial charge in [0, 0.05) is 30.5 Å². The van der Waals surface area contributed by atoms with E-state index in [2.05, 4.69) is 42.4 Å². The molecular formula is C31H25N9O2. The molecule has 0 radical (unpaired) electrons. The van der Waals surface area contributed by atoms with Crippen LogP contribution in [-0.4, -0.2) is 48.8 Å². The van der Waals surface area contributed by atoms with Gasteiger partial charge in [-0.2, -0.15) is 20.5 Å². The molecule has 1 unspecified atom stereocenters. The zero-order valence-corrected chi connectivity index (χ0v) is 22.9. The first kappa shape index (κ1) is 26.4. The number of carbonyl (C=O) groups excluding carboxylic acids is 1. The third-order valence-corrected chi connectivity index (χ3v) is 7.15. The summed E-state index contributed by atoms with van der Waals surface area (Å²) in [7, 11) is 0. The fourth-order valence-electron chi connectivity index (χ4n) is 4.97. The zero-order chi connectivity index (χ0) is 29.2. The molecule has 11 heteroatoms. The van der Waals surface area contributed by atoms with Crippen molar-refractivity contribution in [2.24, 2.45) is 5.92 Å². The number of H-pyrrole nitrogens is 1. The van der Waals surface area contributed by atoms with E-state index in [0.717, 1.165) is 28.1 Å². The number of amides is 1. The minimum absolute atomic E-state index is 0.106. The van der Waals surface area contributed by atoms with Gasteiger partial charge in [-0.05, 0) is 79.9 Å². The van der Waals surface area contributed by atoms with Gasteiger partial charge in [0.15, 0.2) is 5.65 Å². The van der Waals surface area contributed by atoms with Gasteiger partial charge in [0.05, 0.1) is 41.2 Å². The number of likely N-dealkylation sites (tertiary alicyclic amines) is 1. The minimum atomic E-state index is -0.107. The minimum Gasteiger partial charge on any atom is -0.436 e. The van der Waals surface area contributed by atoms with Crippen LogP contribution < -0.4 is 10.1 Å². The summed E-state index contributed by atoms with van der Waals surface area (Å²) in [6, 6.07) is 18.9. The number of nitrogens with zero attached hydrogens (tertiary/aromatic N) is 7. The summed E-state index contributed by atoms with van der Waals surface area (Å²) in [6.07, 6.45) is 3.83. The molecular weight excluding hydrogens is 530 g/mol. The smallest absolute Gasteiger partial charge is 0.255 e. The number of fused-ring (bicyclic) bond motifs is 1. The van der Waals surface area contributed by atoms with Crippen molar-refractivity contribution >= 4 is 28.7 Å². The van der Waals surface area contributed by atoms with Gasteiger partial charge in [0.25, 0.3) is 11.8 Å². The van der Waals surface area contributed by atoms with Crippen LogP contribution in [0.3, 0.4) is 0 Å². The summed E-state index contributed by atoms with van der Waals surface area (Å²) in [5.74, 6) is 1.05. The average Bonchev–Trinajstić information content (AvgIpc) is 3.69. The first-order valence-corrected chi connectivity index (χ1v) is 13.3. The summed E-state index contributed by atoms with van der Waals surface area (Å²) >= 11 is 0. The number of nitriles is 2. The number of aromatic nitrogens is 5. The average molecular weight is 556 g/mol. The second-order valence-electron chi connectivity index (χ2n) is 10.1. The maximum atomic E-state index is 12.8. The molecule has 1 aliphatic rings. The van der Waals surface area contributed by atoms with Crippen LogP contribution in [0.15, 0.2) is 61.1 Å². The number of hydrogen-bond donors (Lipinski definition) is 2. The molecule has 0 spiro atoms. The Morgan fingerprint density at radius 1 is 1.07 bits per heavy atom. The molecule has 0 bridgehead atoms. The van der Waals surface area contributed by atoms with Crippen LogP contribution in [0.25, 0.3) is 22.4 Å². The van der Waals surface area contributed by atoms with Crippen LogP contribution >= 0.6 is 0 Å². The first-order valence-electron chi connectivity index (χ1n) is 13.3. The fourth-order valence-corrected chi connectivity index (χ4v) is 4.97. The zero-order valence-electron chi connectivity index (χ0n) is 22.9. The van der Waals surface area contributed by atoms with Gasteiger partial charge in [-0.3, -0.25) is 9.78 Å². The van der Waals surface area contributed by atoms with Gasteiger partial charge in [0.1, 0.15) is 11.3 Å².